The maximum absolute atomic E-state index is 5.64. The number of halogens is 1. The van der Waals surface area contributed by atoms with Crippen molar-refractivity contribution in [3.8, 4) is 0 Å². The van der Waals surface area contributed by atoms with E-state index in [1.807, 2.05) is 0 Å². The monoisotopic (exact) mass is 274 g/mol. The van der Waals surface area contributed by atoms with Crippen molar-refractivity contribution in [1.29, 1.82) is 0 Å². The SMILES string of the molecule is NNC(c1cc(Br)cs1)C1CCCC1. The molecule has 1 heterocycles. The Hall–Kier alpha value is 0.1000. The topological polar surface area (TPSA) is 38.0 Å². The van der Waals surface area contributed by atoms with Gasteiger partial charge in [-0.25, -0.2) is 0 Å². The maximum atomic E-state index is 5.64. The van der Waals surface area contributed by atoms with Crippen LogP contribution in [0.4, 0.5) is 0 Å². The summed E-state index contributed by atoms with van der Waals surface area (Å²) in [5.74, 6) is 6.36. The van der Waals surface area contributed by atoms with E-state index in [0.29, 0.717) is 6.04 Å². The zero-order chi connectivity index (χ0) is 9.97. The molecule has 1 aliphatic carbocycles. The van der Waals surface area contributed by atoms with Crippen LogP contribution in [0.3, 0.4) is 0 Å². The predicted molar refractivity (Wildman–Crippen MR) is 64.0 cm³/mol. The molecule has 4 heteroatoms. The van der Waals surface area contributed by atoms with E-state index in [2.05, 4.69) is 32.8 Å². The van der Waals surface area contributed by atoms with E-state index in [4.69, 9.17) is 5.84 Å². The van der Waals surface area contributed by atoms with Gasteiger partial charge in [0.2, 0.25) is 0 Å². The largest absolute Gasteiger partial charge is 0.271 e. The molecule has 1 saturated carbocycles. The molecule has 1 unspecified atom stereocenters. The van der Waals surface area contributed by atoms with E-state index in [1.165, 1.54) is 30.6 Å². The fourth-order valence-corrected chi connectivity index (χ4v) is 3.83. The van der Waals surface area contributed by atoms with Crippen molar-refractivity contribution in [2.75, 3.05) is 0 Å². The molecule has 0 aliphatic heterocycles. The third-order valence-corrected chi connectivity index (χ3v) is 4.72. The standard InChI is InChI=1S/C10H15BrN2S/c11-8-5-9(14-6-8)10(13-12)7-3-1-2-4-7/h5-7,10,13H,1-4,12H2. The smallest absolute Gasteiger partial charge is 0.0581 e. The third kappa shape index (κ3) is 2.19. The van der Waals surface area contributed by atoms with E-state index in [0.717, 1.165) is 10.4 Å². The van der Waals surface area contributed by atoms with Crippen LogP contribution < -0.4 is 11.3 Å². The fourth-order valence-electron chi connectivity index (χ4n) is 2.23. The van der Waals surface area contributed by atoms with Gasteiger partial charge < -0.3 is 0 Å². The molecule has 0 bridgehead atoms. The summed E-state index contributed by atoms with van der Waals surface area (Å²) in [6, 6.07) is 2.53. The van der Waals surface area contributed by atoms with E-state index in [-0.39, 0.29) is 0 Å². The lowest BCUT2D eigenvalue weighted by Crippen LogP contribution is -2.32. The zero-order valence-electron chi connectivity index (χ0n) is 8.00. The van der Waals surface area contributed by atoms with Crippen molar-refractivity contribution < 1.29 is 0 Å². The second-order valence-electron chi connectivity index (χ2n) is 3.86. The maximum Gasteiger partial charge on any atom is 0.0581 e. The Morgan fingerprint density at radius 1 is 1.50 bits per heavy atom. The minimum Gasteiger partial charge on any atom is -0.271 e. The molecule has 0 amide bonds. The lowest BCUT2D eigenvalue weighted by atomic mass is 9.97. The molecule has 0 saturated heterocycles. The first kappa shape index (κ1) is 10.6. The molecule has 0 aromatic carbocycles. The van der Waals surface area contributed by atoms with Gasteiger partial charge in [-0.1, -0.05) is 12.8 Å². The van der Waals surface area contributed by atoms with Crippen LogP contribution in [0.5, 0.6) is 0 Å². The summed E-state index contributed by atoms with van der Waals surface area (Å²) in [6.07, 6.45) is 5.33. The molecular weight excluding hydrogens is 260 g/mol. The summed E-state index contributed by atoms with van der Waals surface area (Å²) >= 11 is 5.26. The van der Waals surface area contributed by atoms with Gasteiger partial charge >= 0.3 is 0 Å². The van der Waals surface area contributed by atoms with Crippen LogP contribution in [0.1, 0.15) is 36.6 Å². The van der Waals surface area contributed by atoms with E-state index in [1.54, 1.807) is 11.3 Å². The van der Waals surface area contributed by atoms with Gasteiger partial charge in [0, 0.05) is 14.7 Å². The van der Waals surface area contributed by atoms with Crippen LogP contribution in [-0.4, -0.2) is 0 Å². The Morgan fingerprint density at radius 3 is 2.71 bits per heavy atom. The second kappa shape index (κ2) is 4.75. The number of nitrogens with one attached hydrogen (secondary N) is 1. The molecule has 1 aromatic rings. The van der Waals surface area contributed by atoms with Crippen LogP contribution in [0.25, 0.3) is 0 Å². The van der Waals surface area contributed by atoms with Gasteiger partial charge in [0.05, 0.1) is 6.04 Å². The van der Waals surface area contributed by atoms with E-state index < -0.39 is 0 Å². The first-order chi connectivity index (χ1) is 6.81. The van der Waals surface area contributed by atoms with Crippen LogP contribution in [0.2, 0.25) is 0 Å². The molecule has 1 atom stereocenters. The van der Waals surface area contributed by atoms with Gasteiger partial charge in [-0.2, -0.15) is 0 Å². The Kier molecular flexibility index (Phi) is 3.60. The van der Waals surface area contributed by atoms with Gasteiger partial charge in [0.15, 0.2) is 0 Å². The molecule has 2 nitrogen and oxygen atoms in total. The predicted octanol–water partition coefficient (Wildman–Crippen LogP) is 3.21. The summed E-state index contributed by atoms with van der Waals surface area (Å²) in [6.45, 7) is 0. The van der Waals surface area contributed by atoms with Crippen molar-refractivity contribution in [2.24, 2.45) is 11.8 Å². The average Bonchev–Trinajstić information content (AvgIpc) is 2.79. The van der Waals surface area contributed by atoms with E-state index >= 15 is 0 Å². The van der Waals surface area contributed by atoms with Crippen molar-refractivity contribution in [3.63, 3.8) is 0 Å². The van der Waals surface area contributed by atoms with Crippen molar-refractivity contribution in [2.45, 2.75) is 31.7 Å². The number of rotatable bonds is 3. The van der Waals surface area contributed by atoms with Gasteiger partial charge in [-0.3, -0.25) is 11.3 Å². The van der Waals surface area contributed by atoms with Gasteiger partial charge in [0.1, 0.15) is 0 Å². The lowest BCUT2D eigenvalue weighted by Gasteiger charge is -2.20. The molecule has 2 rings (SSSR count). The highest BCUT2D eigenvalue weighted by Gasteiger charge is 2.26. The lowest BCUT2D eigenvalue weighted by molar-refractivity contribution is 0.378. The quantitative estimate of drug-likeness (QED) is 0.656. The van der Waals surface area contributed by atoms with Crippen LogP contribution in [0, 0.1) is 5.92 Å². The Balaban J connectivity index is 2.12. The first-order valence-electron chi connectivity index (χ1n) is 5.01. The summed E-state index contributed by atoms with van der Waals surface area (Å²) in [7, 11) is 0. The highest BCUT2D eigenvalue weighted by atomic mass is 79.9. The fraction of sp³-hybridized carbons (Fsp3) is 0.600. The molecule has 0 radical (unpaired) electrons. The number of hydrazine groups is 1. The molecule has 3 N–H and O–H groups in total. The number of nitrogens with two attached hydrogens (primary N) is 1. The molecule has 78 valence electrons. The first-order valence-corrected chi connectivity index (χ1v) is 6.68. The summed E-state index contributed by atoms with van der Waals surface area (Å²) in [4.78, 5) is 1.35. The molecule has 14 heavy (non-hydrogen) atoms. The molecular formula is C10H15BrN2S. The van der Waals surface area contributed by atoms with Gasteiger partial charge in [-0.15, -0.1) is 11.3 Å². The highest BCUT2D eigenvalue weighted by molar-refractivity contribution is 9.10. The minimum absolute atomic E-state index is 0.355. The molecule has 0 spiro atoms. The van der Waals surface area contributed by atoms with Crippen molar-refractivity contribution in [1.82, 2.24) is 5.43 Å². The van der Waals surface area contributed by atoms with Crippen molar-refractivity contribution >= 4 is 27.3 Å². The van der Waals surface area contributed by atoms with Crippen LogP contribution in [-0.2, 0) is 0 Å². The minimum atomic E-state index is 0.355. The number of hydrogen-bond donors (Lipinski definition) is 2. The van der Waals surface area contributed by atoms with Crippen LogP contribution >= 0.6 is 27.3 Å². The average molecular weight is 275 g/mol. The summed E-state index contributed by atoms with van der Waals surface area (Å²) in [5.41, 5.74) is 2.96. The second-order valence-corrected chi connectivity index (χ2v) is 5.71. The third-order valence-electron chi connectivity index (χ3n) is 2.95. The van der Waals surface area contributed by atoms with E-state index in [9.17, 15) is 0 Å². The van der Waals surface area contributed by atoms with Gasteiger partial charge in [0.25, 0.3) is 0 Å². The van der Waals surface area contributed by atoms with Gasteiger partial charge in [-0.05, 0) is 40.8 Å². The zero-order valence-corrected chi connectivity index (χ0v) is 10.4. The summed E-state index contributed by atoms with van der Waals surface area (Å²) in [5, 5.41) is 2.12. The normalized spacial score (nSPS) is 20.1. The number of thiophene rings is 1. The Labute approximate surface area is 97.0 Å². The summed E-state index contributed by atoms with van der Waals surface area (Å²) < 4.78 is 1.16. The van der Waals surface area contributed by atoms with Crippen molar-refractivity contribution in [3.05, 3.63) is 20.8 Å². The molecule has 1 fully saturated rings. The van der Waals surface area contributed by atoms with Crippen LogP contribution in [0.15, 0.2) is 15.9 Å². The number of hydrogen-bond acceptors (Lipinski definition) is 3. The molecule has 1 aliphatic rings. The Morgan fingerprint density at radius 2 is 2.21 bits per heavy atom. The Bertz CT molecular complexity index is 294. The molecule has 1 aromatic heterocycles. The highest BCUT2D eigenvalue weighted by Crippen LogP contribution is 2.38.